The zero-order valence-corrected chi connectivity index (χ0v) is 11.6. The Balaban J connectivity index is 2.05. The van der Waals surface area contributed by atoms with Crippen molar-refractivity contribution in [3.63, 3.8) is 0 Å². The molecule has 5 heteroatoms. The first-order chi connectivity index (χ1) is 9.08. The summed E-state index contributed by atoms with van der Waals surface area (Å²) >= 11 is 3.38. The normalized spacial score (nSPS) is 10.2. The molecule has 0 spiro atoms. The summed E-state index contributed by atoms with van der Waals surface area (Å²) < 4.78 is 6.07. The molecule has 0 bridgehead atoms. The van der Waals surface area contributed by atoms with Crippen molar-refractivity contribution in [1.82, 2.24) is 0 Å². The van der Waals surface area contributed by atoms with Crippen LogP contribution in [0.25, 0.3) is 0 Å². The number of nitrogen functional groups attached to an aromatic ring is 1. The van der Waals surface area contributed by atoms with Crippen molar-refractivity contribution >= 4 is 27.6 Å². The number of hydrogen-bond acceptors (Lipinski definition) is 4. The van der Waals surface area contributed by atoms with Crippen LogP contribution in [0.1, 0.15) is 15.9 Å². The number of nitrogens with two attached hydrogens (primary N) is 1. The zero-order chi connectivity index (χ0) is 13.8. The molecule has 0 saturated heterocycles. The molecule has 98 valence electrons. The molecule has 0 aliphatic carbocycles. The molecule has 3 N–H and O–H groups in total. The monoisotopic (exact) mass is 321 g/mol. The minimum atomic E-state index is -0.484. The first-order valence-corrected chi connectivity index (χ1v) is 6.36. The largest absolute Gasteiger partial charge is 0.506 e. The number of ether oxygens (including phenoxy) is 1. The van der Waals surface area contributed by atoms with Gasteiger partial charge in [-0.05, 0) is 24.3 Å². The summed E-state index contributed by atoms with van der Waals surface area (Å²) in [6, 6.07) is 11.7. The molecule has 0 saturated carbocycles. The van der Waals surface area contributed by atoms with Gasteiger partial charge >= 0.3 is 5.97 Å². The average molecular weight is 322 g/mol. The number of phenolic OH excluding ortho intramolecular Hbond substituents is 1. The third kappa shape index (κ3) is 3.26. The Labute approximate surface area is 118 Å². The fourth-order valence-corrected chi connectivity index (χ4v) is 1.92. The van der Waals surface area contributed by atoms with Gasteiger partial charge in [0.15, 0.2) is 0 Å². The van der Waals surface area contributed by atoms with Crippen LogP contribution in [-0.2, 0) is 11.3 Å². The van der Waals surface area contributed by atoms with Gasteiger partial charge in [0.25, 0.3) is 0 Å². The summed E-state index contributed by atoms with van der Waals surface area (Å²) in [5.74, 6) is -0.537. The van der Waals surface area contributed by atoms with Crippen LogP contribution in [0, 0.1) is 0 Å². The summed E-state index contributed by atoms with van der Waals surface area (Å²) in [5, 5.41) is 9.29. The Kier molecular flexibility index (Phi) is 4.06. The Morgan fingerprint density at radius 1 is 1.26 bits per heavy atom. The molecule has 0 aliphatic heterocycles. The lowest BCUT2D eigenvalue weighted by atomic mass is 10.2. The predicted molar refractivity (Wildman–Crippen MR) is 75.8 cm³/mol. The van der Waals surface area contributed by atoms with E-state index in [2.05, 4.69) is 15.9 Å². The van der Waals surface area contributed by atoms with Gasteiger partial charge in [-0.3, -0.25) is 0 Å². The van der Waals surface area contributed by atoms with E-state index in [1.54, 1.807) is 0 Å². The van der Waals surface area contributed by atoms with Gasteiger partial charge < -0.3 is 15.6 Å². The Morgan fingerprint density at radius 3 is 2.68 bits per heavy atom. The van der Waals surface area contributed by atoms with Gasteiger partial charge in [0, 0.05) is 10.0 Å². The second-order valence-electron chi connectivity index (χ2n) is 3.94. The maximum atomic E-state index is 11.8. The Morgan fingerprint density at radius 2 is 2.00 bits per heavy atom. The molecule has 0 aliphatic rings. The smallest absolute Gasteiger partial charge is 0.338 e. The van der Waals surface area contributed by atoms with Crippen molar-refractivity contribution in [2.75, 3.05) is 5.73 Å². The van der Waals surface area contributed by atoms with E-state index in [9.17, 15) is 9.90 Å². The maximum Gasteiger partial charge on any atom is 0.338 e. The summed E-state index contributed by atoms with van der Waals surface area (Å²) in [6.45, 7) is 0.168. The van der Waals surface area contributed by atoms with E-state index in [1.165, 1.54) is 18.2 Å². The standard InChI is InChI=1S/C14H12BrNO3/c15-11-4-2-1-3-10(11)8-19-14(18)9-5-6-13(17)12(16)7-9/h1-7,17H,8,16H2. The van der Waals surface area contributed by atoms with Crippen LogP contribution in [0.3, 0.4) is 0 Å². The van der Waals surface area contributed by atoms with Crippen LogP contribution in [0.4, 0.5) is 5.69 Å². The first kappa shape index (κ1) is 13.4. The van der Waals surface area contributed by atoms with Crippen molar-refractivity contribution < 1.29 is 14.6 Å². The van der Waals surface area contributed by atoms with Gasteiger partial charge in [-0.2, -0.15) is 0 Å². The summed E-state index contributed by atoms with van der Waals surface area (Å²) in [4.78, 5) is 11.8. The molecule has 0 unspecified atom stereocenters. The third-order valence-corrected chi connectivity index (χ3v) is 3.35. The van der Waals surface area contributed by atoms with E-state index in [0.717, 1.165) is 10.0 Å². The summed E-state index contributed by atoms with van der Waals surface area (Å²) in [5.41, 5.74) is 6.86. The summed E-state index contributed by atoms with van der Waals surface area (Å²) in [7, 11) is 0. The second-order valence-corrected chi connectivity index (χ2v) is 4.80. The number of anilines is 1. The Bertz CT molecular complexity index is 613. The van der Waals surface area contributed by atoms with Gasteiger partial charge in [0.2, 0.25) is 0 Å². The van der Waals surface area contributed by atoms with Gasteiger partial charge in [-0.15, -0.1) is 0 Å². The third-order valence-electron chi connectivity index (χ3n) is 2.58. The highest BCUT2D eigenvalue weighted by atomic mass is 79.9. The number of rotatable bonds is 3. The molecular weight excluding hydrogens is 310 g/mol. The number of benzene rings is 2. The molecule has 2 aromatic carbocycles. The number of hydrogen-bond donors (Lipinski definition) is 2. The molecule has 19 heavy (non-hydrogen) atoms. The van der Waals surface area contributed by atoms with E-state index in [1.807, 2.05) is 24.3 Å². The van der Waals surface area contributed by atoms with Gasteiger partial charge in [0.1, 0.15) is 12.4 Å². The topological polar surface area (TPSA) is 72.6 Å². The highest BCUT2D eigenvalue weighted by molar-refractivity contribution is 9.10. The van der Waals surface area contributed by atoms with E-state index in [4.69, 9.17) is 10.5 Å². The highest BCUT2D eigenvalue weighted by Gasteiger charge is 2.10. The number of carbonyl (C=O) groups is 1. The number of carbonyl (C=O) groups excluding carboxylic acids is 1. The number of halogens is 1. The fraction of sp³-hybridized carbons (Fsp3) is 0.0714. The van der Waals surface area contributed by atoms with Crippen LogP contribution in [0.5, 0.6) is 5.75 Å². The molecule has 2 aromatic rings. The van der Waals surface area contributed by atoms with Crippen LogP contribution in [-0.4, -0.2) is 11.1 Å². The van der Waals surface area contributed by atoms with E-state index >= 15 is 0 Å². The SMILES string of the molecule is Nc1cc(C(=O)OCc2ccccc2Br)ccc1O. The fourth-order valence-electron chi connectivity index (χ4n) is 1.52. The minimum Gasteiger partial charge on any atom is -0.506 e. The van der Waals surface area contributed by atoms with Crippen molar-refractivity contribution in [2.24, 2.45) is 0 Å². The number of phenols is 1. The van der Waals surface area contributed by atoms with Crippen LogP contribution in [0.15, 0.2) is 46.9 Å². The first-order valence-electron chi connectivity index (χ1n) is 5.57. The number of aromatic hydroxyl groups is 1. The van der Waals surface area contributed by atoms with Crippen molar-refractivity contribution in [2.45, 2.75) is 6.61 Å². The average Bonchev–Trinajstić information content (AvgIpc) is 2.40. The quantitative estimate of drug-likeness (QED) is 0.517. The van der Waals surface area contributed by atoms with Crippen molar-refractivity contribution in [1.29, 1.82) is 0 Å². The lowest BCUT2D eigenvalue weighted by Gasteiger charge is -2.07. The molecule has 2 rings (SSSR count). The Hall–Kier alpha value is -2.01. The van der Waals surface area contributed by atoms with E-state index in [0.29, 0.717) is 5.56 Å². The van der Waals surface area contributed by atoms with Crippen molar-refractivity contribution in [3.8, 4) is 5.75 Å². The van der Waals surface area contributed by atoms with Crippen LogP contribution in [0.2, 0.25) is 0 Å². The minimum absolute atomic E-state index is 0.0534. The number of esters is 1. The molecule has 0 radical (unpaired) electrons. The molecular formula is C14H12BrNO3. The lowest BCUT2D eigenvalue weighted by molar-refractivity contribution is 0.0472. The lowest BCUT2D eigenvalue weighted by Crippen LogP contribution is -2.06. The summed E-state index contributed by atoms with van der Waals surface area (Å²) in [6.07, 6.45) is 0. The van der Waals surface area contributed by atoms with E-state index < -0.39 is 5.97 Å². The van der Waals surface area contributed by atoms with Crippen LogP contribution >= 0.6 is 15.9 Å². The van der Waals surface area contributed by atoms with E-state index in [-0.39, 0.29) is 18.0 Å². The molecule has 0 aromatic heterocycles. The molecule has 0 atom stereocenters. The highest BCUT2D eigenvalue weighted by Crippen LogP contribution is 2.22. The zero-order valence-electron chi connectivity index (χ0n) is 9.97. The predicted octanol–water partition coefficient (Wildman–Crippen LogP) is 3.09. The second kappa shape index (κ2) is 5.75. The van der Waals surface area contributed by atoms with Gasteiger partial charge in [0.05, 0.1) is 11.3 Å². The maximum absolute atomic E-state index is 11.8. The van der Waals surface area contributed by atoms with Crippen LogP contribution < -0.4 is 5.73 Å². The van der Waals surface area contributed by atoms with Gasteiger partial charge in [-0.1, -0.05) is 34.1 Å². The van der Waals surface area contributed by atoms with Crippen molar-refractivity contribution in [3.05, 3.63) is 58.1 Å². The van der Waals surface area contributed by atoms with Gasteiger partial charge in [-0.25, -0.2) is 4.79 Å². The molecule has 0 heterocycles. The molecule has 0 amide bonds. The molecule has 4 nitrogen and oxygen atoms in total. The molecule has 0 fully saturated rings.